The lowest BCUT2D eigenvalue weighted by Crippen LogP contribution is -1.85. The molecule has 2 rings (SSSR count). The number of H-pyrrole nitrogens is 1. The van der Waals surface area contributed by atoms with Gasteiger partial charge in [-0.05, 0) is 17.7 Å². The average Bonchev–Trinajstić information content (AvgIpc) is 2.58. The number of nitrogens with zero attached hydrogens (tertiary/aromatic N) is 2. The lowest BCUT2D eigenvalue weighted by atomic mass is 10.3. The number of hydrogen-bond acceptors (Lipinski definition) is 4. The van der Waals surface area contributed by atoms with Crippen LogP contribution in [-0.4, -0.2) is 15.2 Å². The second kappa shape index (κ2) is 2.53. The van der Waals surface area contributed by atoms with Crippen LogP contribution in [0.15, 0.2) is 16.7 Å². The number of aromatic amines is 1. The van der Waals surface area contributed by atoms with Crippen molar-refractivity contribution in [2.75, 3.05) is 5.73 Å². The average molecular weight is 185 g/mol. The van der Waals surface area contributed by atoms with Crippen molar-refractivity contribution in [1.82, 2.24) is 15.2 Å². The molecule has 0 spiro atoms. The van der Waals surface area contributed by atoms with Crippen LogP contribution in [0, 0.1) is 0 Å². The van der Waals surface area contributed by atoms with E-state index in [9.17, 15) is 0 Å². The van der Waals surface area contributed by atoms with Crippen LogP contribution in [-0.2, 0) is 0 Å². The van der Waals surface area contributed by atoms with E-state index in [1.54, 1.807) is 6.07 Å². The number of halogens is 1. The van der Waals surface area contributed by atoms with Crippen LogP contribution in [0.2, 0.25) is 5.22 Å². The fourth-order valence-corrected chi connectivity index (χ4v) is 1.06. The van der Waals surface area contributed by atoms with Gasteiger partial charge in [-0.2, -0.15) is 4.98 Å². The van der Waals surface area contributed by atoms with E-state index in [0.29, 0.717) is 11.4 Å². The molecule has 62 valence electrons. The number of nitrogens with two attached hydrogens (primary N) is 1. The van der Waals surface area contributed by atoms with Gasteiger partial charge < -0.3 is 10.2 Å². The summed E-state index contributed by atoms with van der Waals surface area (Å²) in [5.41, 5.74) is 5.96. The Morgan fingerprint density at radius 2 is 2.42 bits per heavy atom. The normalized spacial score (nSPS) is 10.4. The van der Waals surface area contributed by atoms with Crippen molar-refractivity contribution < 1.29 is 4.42 Å². The molecule has 2 heterocycles. The summed E-state index contributed by atoms with van der Waals surface area (Å²) < 4.78 is 4.86. The van der Waals surface area contributed by atoms with Gasteiger partial charge in [0.05, 0.1) is 11.8 Å². The van der Waals surface area contributed by atoms with Gasteiger partial charge in [0.25, 0.3) is 0 Å². The summed E-state index contributed by atoms with van der Waals surface area (Å²) in [6.07, 6.45) is 1.47. The van der Waals surface area contributed by atoms with E-state index in [-0.39, 0.29) is 11.2 Å². The molecule has 0 aliphatic rings. The van der Waals surface area contributed by atoms with Crippen molar-refractivity contribution in [2.45, 2.75) is 0 Å². The summed E-state index contributed by atoms with van der Waals surface area (Å²) in [7, 11) is 0. The van der Waals surface area contributed by atoms with Crippen molar-refractivity contribution in [3.05, 3.63) is 17.5 Å². The van der Waals surface area contributed by atoms with E-state index < -0.39 is 0 Å². The minimum absolute atomic E-state index is 0.183. The second-order valence-electron chi connectivity index (χ2n) is 2.15. The number of aromatic nitrogens is 3. The van der Waals surface area contributed by atoms with Gasteiger partial charge in [0.15, 0.2) is 5.82 Å². The van der Waals surface area contributed by atoms with Crippen molar-refractivity contribution in [2.24, 2.45) is 0 Å². The first-order valence-corrected chi connectivity index (χ1v) is 3.56. The largest absolute Gasteiger partial charge is 0.452 e. The van der Waals surface area contributed by atoms with E-state index in [1.807, 2.05) is 0 Å². The summed E-state index contributed by atoms with van der Waals surface area (Å²) >= 11 is 5.69. The van der Waals surface area contributed by atoms with Crippen LogP contribution in [0.1, 0.15) is 0 Å². The summed E-state index contributed by atoms with van der Waals surface area (Å²) in [6.45, 7) is 0. The van der Waals surface area contributed by atoms with Gasteiger partial charge in [-0.3, -0.25) is 5.10 Å². The Morgan fingerprint density at radius 1 is 1.58 bits per heavy atom. The van der Waals surface area contributed by atoms with Crippen LogP contribution in [0.3, 0.4) is 0 Å². The number of anilines is 1. The molecular weight excluding hydrogens is 180 g/mol. The Hall–Kier alpha value is -1.49. The van der Waals surface area contributed by atoms with Crippen LogP contribution in [0.5, 0.6) is 0 Å². The van der Waals surface area contributed by atoms with E-state index in [0.717, 1.165) is 0 Å². The quantitative estimate of drug-likeness (QED) is 0.700. The zero-order valence-corrected chi connectivity index (χ0v) is 6.67. The summed E-state index contributed by atoms with van der Waals surface area (Å²) in [5, 5.41) is 6.54. The van der Waals surface area contributed by atoms with Gasteiger partial charge in [0.1, 0.15) is 0 Å². The van der Waals surface area contributed by atoms with Crippen LogP contribution >= 0.6 is 11.6 Å². The number of furan rings is 1. The Morgan fingerprint density at radius 3 is 2.92 bits per heavy atom. The standard InChI is InChI=1S/C6H5ClN4O/c7-4-3(1-2-12-4)5-9-6(8)11-10-5/h1-2H,(H3,8,9,10,11). The van der Waals surface area contributed by atoms with Crippen LogP contribution < -0.4 is 5.73 Å². The van der Waals surface area contributed by atoms with Gasteiger partial charge in [0, 0.05) is 0 Å². The highest BCUT2D eigenvalue weighted by Gasteiger charge is 2.09. The van der Waals surface area contributed by atoms with Gasteiger partial charge in [-0.15, -0.1) is 5.10 Å². The van der Waals surface area contributed by atoms with E-state index in [4.69, 9.17) is 21.8 Å². The highest BCUT2D eigenvalue weighted by molar-refractivity contribution is 6.31. The number of nitrogen functional groups attached to an aromatic ring is 1. The number of nitrogens with one attached hydrogen (secondary N) is 1. The predicted molar refractivity (Wildman–Crippen MR) is 43.5 cm³/mol. The maximum absolute atomic E-state index is 5.69. The minimum Gasteiger partial charge on any atom is -0.452 e. The topological polar surface area (TPSA) is 80.7 Å². The third-order valence-electron chi connectivity index (χ3n) is 1.38. The zero-order valence-electron chi connectivity index (χ0n) is 5.91. The molecule has 0 radical (unpaired) electrons. The third-order valence-corrected chi connectivity index (χ3v) is 1.67. The van der Waals surface area contributed by atoms with E-state index in [2.05, 4.69) is 15.2 Å². The van der Waals surface area contributed by atoms with Gasteiger partial charge >= 0.3 is 0 Å². The molecule has 0 aromatic carbocycles. The molecule has 2 aromatic rings. The minimum atomic E-state index is 0.183. The molecule has 3 N–H and O–H groups in total. The molecule has 0 saturated heterocycles. The molecule has 0 aliphatic heterocycles. The molecule has 0 amide bonds. The first-order chi connectivity index (χ1) is 5.77. The maximum Gasteiger partial charge on any atom is 0.239 e. The van der Waals surface area contributed by atoms with Gasteiger partial charge in [0.2, 0.25) is 11.2 Å². The summed E-state index contributed by atoms with van der Waals surface area (Å²) in [6, 6.07) is 1.68. The molecule has 0 unspecified atom stereocenters. The highest BCUT2D eigenvalue weighted by atomic mass is 35.5. The Bertz CT molecular complexity index is 394. The number of hydrogen-bond donors (Lipinski definition) is 2. The van der Waals surface area contributed by atoms with E-state index >= 15 is 0 Å². The molecule has 0 fully saturated rings. The molecule has 0 atom stereocenters. The molecule has 0 aliphatic carbocycles. The SMILES string of the molecule is Nc1n[nH]c(-c2ccoc2Cl)n1. The highest BCUT2D eigenvalue weighted by Crippen LogP contribution is 2.25. The first-order valence-electron chi connectivity index (χ1n) is 3.18. The lowest BCUT2D eigenvalue weighted by molar-refractivity contribution is 0.570. The molecule has 0 bridgehead atoms. The smallest absolute Gasteiger partial charge is 0.239 e. The molecular formula is C6H5ClN4O. The monoisotopic (exact) mass is 184 g/mol. The molecule has 12 heavy (non-hydrogen) atoms. The predicted octanol–water partition coefficient (Wildman–Crippen LogP) is 1.30. The lowest BCUT2D eigenvalue weighted by Gasteiger charge is -1.87. The summed E-state index contributed by atoms with van der Waals surface area (Å²) in [5.74, 6) is 0.688. The van der Waals surface area contributed by atoms with Crippen molar-refractivity contribution >= 4 is 17.5 Å². The maximum atomic E-state index is 5.69. The molecule has 0 saturated carbocycles. The Kier molecular flexibility index (Phi) is 1.51. The molecule has 2 aromatic heterocycles. The third kappa shape index (κ3) is 1.04. The van der Waals surface area contributed by atoms with Crippen molar-refractivity contribution in [1.29, 1.82) is 0 Å². The molecule has 6 heteroatoms. The Balaban J connectivity index is 2.50. The zero-order chi connectivity index (χ0) is 8.55. The second-order valence-corrected chi connectivity index (χ2v) is 2.49. The fourth-order valence-electron chi connectivity index (χ4n) is 0.858. The van der Waals surface area contributed by atoms with Crippen molar-refractivity contribution in [3.63, 3.8) is 0 Å². The van der Waals surface area contributed by atoms with Crippen molar-refractivity contribution in [3.8, 4) is 11.4 Å². The number of rotatable bonds is 1. The van der Waals surface area contributed by atoms with Gasteiger partial charge in [-0.25, -0.2) is 0 Å². The first kappa shape index (κ1) is 7.17. The van der Waals surface area contributed by atoms with Crippen LogP contribution in [0.25, 0.3) is 11.4 Å². The van der Waals surface area contributed by atoms with Gasteiger partial charge in [-0.1, -0.05) is 0 Å². The summed E-state index contributed by atoms with van der Waals surface area (Å²) in [4.78, 5) is 3.88. The van der Waals surface area contributed by atoms with Crippen LogP contribution in [0.4, 0.5) is 5.95 Å². The Labute approximate surface area is 72.5 Å². The molecule has 5 nitrogen and oxygen atoms in total. The fraction of sp³-hybridized carbons (Fsp3) is 0. The van der Waals surface area contributed by atoms with E-state index in [1.165, 1.54) is 6.26 Å².